The normalized spacial score (nSPS) is 16.7. The third-order valence-corrected chi connectivity index (χ3v) is 9.43. The third-order valence-electron chi connectivity index (χ3n) is 9.08. The molecular formula is C38H38ClN5O5. The molecule has 2 aromatic heterocycles. The van der Waals surface area contributed by atoms with Crippen molar-refractivity contribution in [3.8, 4) is 28.7 Å². The Bertz CT molecular complexity index is 1990. The predicted octanol–water partition coefficient (Wildman–Crippen LogP) is 6.44. The lowest BCUT2D eigenvalue weighted by molar-refractivity contribution is -0.0458. The number of fused-ring (bicyclic) bond motifs is 1. The summed E-state index contributed by atoms with van der Waals surface area (Å²) in [6.45, 7) is 6.92. The number of likely N-dealkylation sites (tertiary alicyclic amines) is 1. The Morgan fingerprint density at radius 1 is 1.02 bits per heavy atom. The average molecular weight is 680 g/mol. The lowest BCUT2D eigenvalue weighted by Crippen LogP contribution is -2.24. The smallest absolute Gasteiger partial charge is 0.187 e. The SMILES string of the molecule is Cc1c(OCCCN2CC[C@@H](O)C2)cccc1-c1cccc2c1cnn2Cc1cc(OCc2cncc(C#N)c2)c(C2OCCO2)cc1Cl. The summed E-state index contributed by atoms with van der Waals surface area (Å²) in [4.78, 5) is 6.44. The molecule has 49 heavy (non-hydrogen) atoms. The van der Waals surface area contributed by atoms with Gasteiger partial charge in [-0.2, -0.15) is 10.4 Å². The van der Waals surface area contributed by atoms with Gasteiger partial charge in [-0.3, -0.25) is 9.67 Å². The second-order valence-electron chi connectivity index (χ2n) is 12.5. The highest BCUT2D eigenvalue weighted by Crippen LogP contribution is 2.38. The highest BCUT2D eigenvalue weighted by Gasteiger charge is 2.25. The second-order valence-corrected chi connectivity index (χ2v) is 12.9. The van der Waals surface area contributed by atoms with E-state index in [1.165, 1.54) is 6.20 Å². The average Bonchev–Trinajstić information content (AvgIpc) is 3.90. The van der Waals surface area contributed by atoms with Gasteiger partial charge < -0.3 is 29.0 Å². The second kappa shape index (κ2) is 14.9. The highest BCUT2D eigenvalue weighted by atomic mass is 35.5. The number of ether oxygens (including phenoxy) is 4. The largest absolute Gasteiger partial charge is 0.493 e. The zero-order chi connectivity index (χ0) is 33.7. The molecule has 4 heterocycles. The van der Waals surface area contributed by atoms with E-state index in [4.69, 9.17) is 35.6 Å². The van der Waals surface area contributed by atoms with E-state index in [1.807, 2.05) is 41.2 Å². The minimum Gasteiger partial charge on any atom is -0.493 e. The van der Waals surface area contributed by atoms with Crippen LogP contribution in [0.4, 0.5) is 0 Å². The summed E-state index contributed by atoms with van der Waals surface area (Å²) >= 11 is 6.88. The van der Waals surface area contributed by atoms with E-state index < -0.39 is 6.29 Å². The van der Waals surface area contributed by atoms with Crippen LogP contribution in [-0.4, -0.2) is 70.3 Å². The van der Waals surface area contributed by atoms with Gasteiger partial charge in [0.1, 0.15) is 24.2 Å². The number of hydrogen-bond acceptors (Lipinski definition) is 9. The Hall–Kier alpha value is -4.50. The molecule has 0 aliphatic carbocycles. The van der Waals surface area contributed by atoms with Gasteiger partial charge in [-0.25, -0.2) is 0 Å². The summed E-state index contributed by atoms with van der Waals surface area (Å²) in [5.41, 5.74) is 6.99. The molecule has 2 aliphatic rings. The summed E-state index contributed by atoms with van der Waals surface area (Å²) in [6, 6.07) is 20.0. The molecular weight excluding hydrogens is 642 g/mol. The van der Waals surface area contributed by atoms with Gasteiger partial charge in [0.05, 0.1) is 55.3 Å². The minimum atomic E-state index is -0.583. The molecule has 2 fully saturated rings. The van der Waals surface area contributed by atoms with Gasteiger partial charge in [0.15, 0.2) is 6.29 Å². The molecule has 11 heteroatoms. The van der Waals surface area contributed by atoms with Crippen LogP contribution in [0.1, 0.15) is 46.9 Å². The molecule has 7 rings (SSSR count). The Labute approximate surface area is 290 Å². The number of aromatic nitrogens is 3. The lowest BCUT2D eigenvalue weighted by atomic mass is 9.97. The van der Waals surface area contributed by atoms with Crippen molar-refractivity contribution >= 4 is 22.5 Å². The van der Waals surface area contributed by atoms with E-state index in [2.05, 4.69) is 41.1 Å². The molecule has 0 radical (unpaired) electrons. The van der Waals surface area contributed by atoms with Gasteiger partial charge in [0.25, 0.3) is 0 Å². The van der Waals surface area contributed by atoms with Crippen molar-refractivity contribution in [2.75, 3.05) is 39.5 Å². The first-order valence-electron chi connectivity index (χ1n) is 16.6. The van der Waals surface area contributed by atoms with E-state index in [9.17, 15) is 10.4 Å². The molecule has 0 unspecified atom stereocenters. The Balaban J connectivity index is 1.12. The van der Waals surface area contributed by atoms with Crippen LogP contribution in [0.3, 0.4) is 0 Å². The number of benzene rings is 3. The van der Waals surface area contributed by atoms with Gasteiger partial charge >= 0.3 is 0 Å². The van der Waals surface area contributed by atoms with Crippen LogP contribution in [0.2, 0.25) is 5.02 Å². The van der Waals surface area contributed by atoms with Crippen molar-refractivity contribution in [2.24, 2.45) is 0 Å². The van der Waals surface area contributed by atoms with Crippen molar-refractivity contribution < 1.29 is 24.1 Å². The maximum Gasteiger partial charge on any atom is 0.187 e. The molecule has 2 saturated heterocycles. The van der Waals surface area contributed by atoms with Crippen LogP contribution in [-0.2, 0) is 22.6 Å². The number of nitriles is 1. The standard InChI is InChI=1S/C38H38ClN5O5/c1-25-30(5-3-8-36(25)46-12-4-10-43-11-9-29(45)23-43)31-6-2-7-35-33(31)21-42-44(35)22-28-16-37(32(17-34(28)39)38-47-13-14-48-38)49-24-27-15-26(18-40)19-41-20-27/h2-3,5-8,15-17,19-21,29,38,45H,4,9-14,22-24H2,1H3/t29-/m1/s1. The zero-order valence-electron chi connectivity index (χ0n) is 27.3. The first-order valence-corrected chi connectivity index (χ1v) is 16.9. The zero-order valence-corrected chi connectivity index (χ0v) is 28.1. The van der Waals surface area contributed by atoms with Crippen molar-refractivity contribution in [1.29, 1.82) is 5.26 Å². The number of hydrogen-bond donors (Lipinski definition) is 1. The quantitative estimate of drug-likeness (QED) is 0.149. The van der Waals surface area contributed by atoms with E-state index in [1.54, 1.807) is 12.3 Å². The number of halogens is 1. The van der Waals surface area contributed by atoms with Crippen LogP contribution in [0.15, 0.2) is 73.2 Å². The summed E-state index contributed by atoms with van der Waals surface area (Å²) < 4.78 is 26.1. The number of rotatable bonds is 12. The molecule has 5 aromatic rings. The molecule has 0 spiro atoms. The van der Waals surface area contributed by atoms with Gasteiger partial charge in [0.2, 0.25) is 0 Å². The van der Waals surface area contributed by atoms with E-state index >= 15 is 0 Å². The maximum absolute atomic E-state index is 9.79. The first kappa shape index (κ1) is 33.0. The number of nitrogens with zero attached hydrogens (tertiary/aromatic N) is 5. The topological polar surface area (TPSA) is 115 Å². The minimum absolute atomic E-state index is 0.203. The van der Waals surface area contributed by atoms with Crippen LogP contribution in [0.5, 0.6) is 11.5 Å². The Morgan fingerprint density at radius 2 is 1.86 bits per heavy atom. The fourth-order valence-electron chi connectivity index (χ4n) is 6.54. The molecule has 1 N–H and O–H groups in total. The molecule has 1 atom stereocenters. The molecule has 2 aliphatic heterocycles. The fraction of sp³-hybridized carbons (Fsp3) is 0.342. The molecule has 0 amide bonds. The van der Waals surface area contributed by atoms with Gasteiger partial charge in [-0.05, 0) is 72.4 Å². The van der Waals surface area contributed by atoms with Crippen molar-refractivity contribution in [3.63, 3.8) is 0 Å². The predicted molar refractivity (Wildman–Crippen MR) is 186 cm³/mol. The van der Waals surface area contributed by atoms with Gasteiger partial charge in [-0.15, -0.1) is 0 Å². The fourth-order valence-corrected chi connectivity index (χ4v) is 6.77. The number of aliphatic hydroxyl groups excluding tert-OH is 1. The van der Waals surface area contributed by atoms with Crippen molar-refractivity contribution in [3.05, 3.63) is 106 Å². The first-order chi connectivity index (χ1) is 24.0. The van der Waals surface area contributed by atoms with Crippen LogP contribution < -0.4 is 9.47 Å². The van der Waals surface area contributed by atoms with E-state index in [0.717, 1.165) is 76.9 Å². The van der Waals surface area contributed by atoms with Gasteiger partial charge in [0, 0.05) is 48.0 Å². The van der Waals surface area contributed by atoms with Gasteiger partial charge in [-0.1, -0.05) is 35.9 Å². The maximum atomic E-state index is 9.79. The molecule has 10 nitrogen and oxygen atoms in total. The van der Waals surface area contributed by atoms with Crippen molar-refractivity contribution in [1.82, 2.24) is 19.7 Å². The Kier molecular flexibility index (Phi) is 10.1. The highest BCUT2D eigenvalue weighted by molar-refractivity contribution is 6.31. The van der Waals surface area contributed by atoms with Crippen LogP contribution >= 0.6 is 11.6 Å². The summed E-state index contributed by atoms with van der Waals surface area (Å²) in [6.07, 6.45) is 6.07. The lowest BCUT2D eigenvalue weighted by Gasteiger charge is -2.18. The van der Waals surface area contributed by atoms with E-state index in [-0.39, 0.29) is 12.7 Å². The summed E-state index contributed by atoms with van der Waals surface area (Å²) in [5.74, 6) is 1.45. The number of aliphatic hydroxyl groups is 1. The summed E-state index contributed by atoms with van der Waals surface area (Å²) in [5, 5.41) is 25.4. The monoisotopic (exact) mass is 679 g/mol. The number of pyridine rings is 1. The Morgan fingerprint density at radius 3 is 2.67 bits per heavy atom. The molecule has 3 aromatic carbocycles. The van der Waals surface area contributed by atoms with Crippen molar-refractivity contribution in [2.45, 2.75) is 45.3 Å². The van der Waals surface area contributed by atoms with Crippen LogP contribution in [0.25, 0.3) is 22.0 Å². The molecule has 0 bridgehead atoms. The molecule has 252 valence electrons. The third kappa shape index (κ3) is 7.42. The number of β-amino-alcohol motifs (C(OH)–C–C–N with tert-alkyl or cyclic N) is 1. The van der Waals surface area contributed by atoms with E-state index in [0.29, 0.717) is 48.3 Å². The van der Waals surface area contributed by atoms with Crippen LogP contribution in [0, 0.1) is 18.3 Å². The molecule has 0 saturated carbocycles. The summed E-state index contributed by atoms with van der Waals surface area (Å²) in [7, 11) is 0.